The molecule has 3 aromatic heterocycles. The van der Waals surface area contributed by atoms with Gasteiger partial charge in [0.05, 0.1) is 25.0 Å². The molecule has 3 aromatic rings. The van der Waals surface area contributed by atoms with E-state index in [1.54, 1.807) is 10.9 Å². The standard InChI is InChI=1S/C20H27N9O2/c1-27-5-3-14(4-6-27)22-20(30)18-23-15-17(25-18)24-16(13-11-21-28(2)12-13)26-19(15)29-7-9-31-10-8-29/h11-12,14H,3-10H2,1-2H3,(H,22,30)(H,23,24,25,26). The van der Waals surface area contributed by atoms with Gasteiger partial charge in [-0.2, -0.15) is 5.10 Å². The Morgan fingerprint density at radius 3 is 2.61 bits per heavy atom. The van der Waals surface area contributed by atoms with Gasteiger partial charge in [-0.15, -0.1) is 0 Å². The van der Waals surface area contributed by atoms with Gasteiger partial charge in [-0.1, -0.05) is 0 Å². The minimum atomic E-state index is -0.205. The molecule has 0 radical (unpaired) electrons. The average Bonchev–Trinajstić information content (AvgIpc) is 3.41. The number of ether oxygens (including phenoxy) is 1. The second-order valence-corrected chi connectivity index (χ2v) is 8.21. The number of likely N-dealkylation sites (tertiary alicyclic amines) is 1. The van der Waals surface area contributed by atoms with E-state index in [4.69, 9.17) is 9.72 Å². The first-order valence-electron chi connectivity index (χ1n) is 10.7. The zero-order valence-corrected chi connectivity index (χ0v) is 17.8. The number of fused-ring (bicyclic) bond motifs is 1. The molecule has 5 heterocycles. The molecule has 31 heavy (non-hydrogen) atoms. The van der Waals surface area contributed by atoms with Crippen LogP contribution in [0.15, 0.2) is 12.4 Å². The van der Waals surface area contributed by atoms with Gasteiger partial charge in [-0.3, -0.25) is 9.48 Å². The molecular formula is C20H27N9O2. The summed E-state index contributed by atoms with van der Waals surface area (Å²) in [6.45, 7) is 4.65. The summed E-state index contributed by atoms with van der Waals surface area (Å²) in [5.74, 6) is 1.33. The van der Waals surface area contributed by atoms with Crippen molar-refractivity contribution in [2.75, 3.05) is 51.3 Å². The molecule has 11 heteroatoms. The summed E-state index contributed by atoms with van der Waals surface area (Å²) >= 11 is 0. The van der Waals surface area contributed by atoms with Crippen LogP contribution in [0.3, 0.4) is 0 Å². The lowest BCUT2D eigenvalue weighted by molar-refractivity contribution is 0.0907. The fourth-order valence-electron chi connectivity index (χ4n) is 4.07. The van der Waals surface area contributed by atoms with Gasteiger partial charge in [0.15, 0.2) is 23.1 Å². The maximum absolute atomic E-state index is 12.9. The topological polar surface area (TPSA) is 117 Å². The molecule has 0 aromatic carbocycles. The number of morpholine rings is 1. The summed E-state index contributed by atoms with van der Waals surface area (Å²) < 4.78 is 7.21. The normalized spacial score (nSPS) is 18.6. The summed E-state index contributed by atoms with van der Waals surface area (Å²) in [6, 6.07) is 0.160. The third-order valence-electron chi connectivity index (χ3n) is 5.87. The summed E-state index contributed by atoms with van der Waals surface area (Å²) in [5, 5.41) is 7.34. The van der Waals surface area contributed by atoms with Crippen molar-refractivity contribution >= 4 is 22.9 Å². The molecule has 2 aliphatic rings. The monoisotopic (exact) mass is 425 g/mol. The zero-order chi connectivity index (χ0) is 21.4. The van der Waals surface area contributed by atoms with Crippen LogP contribution in [-0.4, -0.2) is 93.0 Å². The molecule has 2 N–H and O–H groups in total. The van der Waals surface area contributed by atoms with E-state index < -0.39 is 0 Å². The van der Waals surface area contributed by atoms with Crippen LogP contribution >= 0.6 is 0 Å². The molecule has 164 valence electrons. The van der Waals surface area contributed by atoms with E-state index >= 15 is 0 Å². The number of rotatable bonds is 4. The third kappa shape index (κ3) is 4.10. The molecule has 2 fully saturated rings. The van der Waals surface area contributed by atoms with Crippen molar-refractivity contribution in [2.45, 2.75) is 18.9 Å². The molecule has 11 nitrogen and oxygen atoms in total. The number of H-pyrrole nitrogens is 1. The first-order valence-corrected chi connectivity index (χ1v) is 10.7. The fraction of sp³-hybridized carbons (Fsp3) is 0.550. The molecule has 5 rings (SSSR count). The highest BCUT2D eigenvalue weighted by Gasteiger charge is 2.24. The van der Waals surface area contributed by atoms with Gasteiger partial charge < -0.3 is 24.8 Å². The molecule has 1 amide bonds. The predicted octanol–water partition coefficient (Wildman–Crippen LogP) is 0.414. The van der Waals surface area contributed by atoms with Crippen LogP contribution in [0, 0.1) is 0 Å². The highest BCUT2D eigenvalue weighted by molar-refractivity contribution is 5.96. The Morgan fingerprint density at radius 1 is 1.13 bits per heavy atom. The van der Waals surface area contributed by atoms with Gasteiger partial charge in [0.2, 0.25) is 0 Å². The molecular weight excluding hydrogens is 398 g/mol. The van der Waals surface area contributed by atoms with Gasteiger partial charge in [0, 0.05) is 32.4 Å². The first-order chi connectivity index (χ1) is 15.1. The van der Waals surface area contributed by atoms with Crippen LogP contribution in [0.25, 0.3) is 22.6 Å². The quantitative estimate of drug-likeness (QED) is 0.618. The number of nitrogens with zero attached hydrogens (tertiary/aromatic N) is 7. The van der Waals surface area contributed by atoms with Crippen molar-refractivity contribution < 1.29 is 9.53 Å². The number of piperidine rings is 1. The largest absolute Gasteiger partial charge is 0.378 e. The molecule has 0 saturated carbocycles. The van der Waals surface area contributed by atoms with Gasteiger partial charge in [0.1, 0.15) is 5.52 Å². The van der Waals surface area contributed by atoms with E-state index in [0.717, 1.165) is 37.3 Å². The Bertz CT molecular complexity index is 1080. The summed E-state index contributed by atoms with van der Waals surface area (Å²) in [5.41, 5.74) is 1.95. The summed E-state index contributed by atoms with van der Waals surface area (Å²) in [7, 11) is 3.95. The van der Waals surface area contributed by atoms with Gasteiger partial charge in [-0.25, -0.2) is 15.0 Å². The second kappa shape index (κ2) is 8.23. The average molecular weight is 425 g/mol. The molecule has 0 spiro atoms. The highest BCUT2D eigenvalue weighted by atomic mass is 16.5. The Labute approximate surface area is 179 Å². The molecule has 2 aliphatic heterocycles. The third-order valence-corrected chi connectivity index (χ3v) is 5.87. The smallest absolute Gasteiger partial charge is 0.287 e. The number of nitrogens with one attached hydrogen (secondary N) is 2. The van der Waals surface area contributed by atoms with Crippen molar-refractivity contribution in [1.29, 1.82) is 0 Å². The number of aryl methyl sites for hydroxylation is 1. The Balaban J connectivity index is 1.49. The highest BCUT2D eigenvalue weighted by Crippen LogP contribution is 2.27. The number of hydrogen-bond donors (Lipinski definition) is 2. The van der Waals surface area contributed by atoms with Crippen LogP contribution < -0.4 is 10.2 Å². The number of carbonyl (C=O) groups is 1. The number of imidazole rings is 1. The van der Waals surface area contributed by atoms with Crippen LogP contribution in [0.5, 0.6) is 0 Å². The SMILES string of the molecule is CN1CCC(NC(=O)c2nc3nc(-c4cnn(C)c4)nc(N4CCOCC4)c3[nH]2)CC1. The van der Waals surface area contributed by atoms with Crippen molar-refractivity contribution in [1.82, 2.24) is 39.9 Å². The van der Waals surface area contributed by atoms with Gasteiger partial charge >= 0.3 is 0 Å². The Hall–Kier alpha value is -3.05. The molecule has 0 atom stereocenters. The Morgan fingerprint density at radius 2 is 1.90 bits per heavy atom. The zero-order valence-electron chi connectivity index (χ0n) is 17.8. The summed E-state index contributed by atoms with van der Waals surface area (Å²) in [4.78, 5) is 34.4. The lowest BCUT2D eigenvalue weighted by atomic mass is 10.1. The molecule has 2 saturated heterocycles. The molecule has 0 bridgehead atoms. The molecule has 0 aliphatic carbocycles. The van der Waals surface area contributed by atoms with E-state index in [0.29, 0.717) is 43.3 Å². The van der Waals surface area contributed by atoms with Crippen molar-refractivity contribution in [2.24, 2.45) is 7.05 Å². The van der Waals surface area contributed by atoms with E-state index in [1.807, 2.05) is 13.2 Å². The first kappa shape index (κ1) is 19.9. The predicted molar refractivity (Wildman–Crippen MR) is 115 cm³/mol. The van der Waals surface area contributed by atoms with Crippen molar-refractivity contribution in [3.8, 4) is 11.4 Å². The Kier molecular flexibility index (Phi) is 5.28. The van der Waals surface area contributed by atoms with Gasteiger partial charge in [-0.05, 0) is 33.0 Å². The minimum absolute atomic E-state index is 0.160. The number of amides is 1. The minimum Gasteiger partial charge on any atom is -0.378 e. The van der Waals surface area contributed by atoms with E-state index in [2.05, 4.69) is 42.2 Å². The van der Waals surface area contributed by atoms with Crippen LogP contribution in [0.4, 0.5) is 5.82 Å². The summed E-state index contributed by atoms with van der Waals surface area (Å²) in [6.07, 6.45) is 5.47. The number of carbonyl (C=O) groups excluding carboxylic acids is 1. The maximum atomic E-state index is 12.9. The van der Waals surface area contributed by atoms with E-state index in [-0.39, 0.29) is 17.8 Å². The number of anilines is 1. The number of aromatic nitrogens is 6. The number of hydrogen-bond acceptors (Lipinski definition) is 8. The number of aromatic amines is 1. The van der Waals surface area contributed by atoms with Crippen molar-refractivity contribution in [3.05, 3.63) is 18.2 Å². The van der Waals surface area contributed by atoms with Crippen LogP contribution in [0.1, 0.15) is 23.5 Å². The van der Waals surface area contributed by atoms with Crippen molar-refractivity contribution in [3.63, 3.8) is 0 Å². The van der Waals surface area contributed by atoms with E-state index in [1.165, 1.54) is 0 Å². The fourth-order valence-corrected chi connectivity index (χ4v) is 4.07. The second-order valence-electron chi connectivity index (χ2n) is 8.21. The maximum Gasteiger partial charge on any atom is 0.287 e. The lowest BCUT2D eigenvalue weighted by Crippen LogP contribution is -2.43. The lowest BCUT2D eigenvalue weighted by Gasteiger charge is -2.29. The van der Waals surface area contributed by atoms with E-state index in [9.17, 15) is 4.79 Å². The van der Waals surface area contributed by atoms with Crippen LogP contribution in [0.2, 0.25) is 0 Å². The molecule has 0 unspecified atom stereocenters. The van der Waals surface area contributed by atoms with Gasteiger partial charge in [0.25, 0.3) is 5.91 Å². The van der Waals surface area contributed by atoms with Crippen LogP contribution in [-0.2, 0) is 11.8 Å².